The lowest BCUT2D eigenvalue weighted by Crippen LogP contribution is -2.01. The van der Waals surface area contributed by atoms with E-state index in [4.69, 9.17) is 28.3 Å². The molecule has 6 heteroatoms. The highest BCUT2D eigenvalue weighted by molar-refractivity contribution is 6.32. The summed E-state index contributed by atoms with van der Waals surface area (Å²) in [6.45, 7) is 0. The molecule has 0 amide bonds. The van der Waals surface area contributed by atoms with E-state index in [0.29, 0.717) is 6.29 Å². The van der Waals surface area contributed by atoms with E-state index in [1.54, 1.807) is 0 Å². The van der Waals surface area contributed by atoms with Crippen LogP contribution in [0.2, 0.25) is 10.4 Å². The van der Waals surface area contributed by atoms with Crippen molar-refractivity contribution >= 4 is 29.5 Å². The first-order valence-corrected chi connectivity index (χ1v) is 3.72. The molecule has 0 radical (unpaired) electrons. The van der Waals surface area contributed by atoms with Gasteiger partial charge in [-0.25, -0.2) is 9.97 Å². The maximum Gasteiger partial charge on any atom is 0.223 e. The van der Waals surface area contributed by atoms with E-state index in [1.807, 2.05) is 0 Å². The molecule has 0 bridgehead atoms. The summed E-state index contributed by atoms with van der Waals surface area (Å²) in [5.41, 5.74) is 0.149. The van der Waals surface area contributed by atoms with Gasteiger partial charge < -0.3 is 9.90 Å². The quantitative estimate of drug-likeness (QED) is 0.446. The zero-order valence-corrected chi connectivity index (χ0v) is 7.25. The maximum atomic E-state index is 10.1. The number of aliphatic hydroxyl groups excluding tert-OH is 1. The molecule has 1 aromatic rings. The molecule has 1 rings (SSSR count). The molecular weight excluding hydrogens is 203 g/mol. The van der Waals surface area contributed by atoms with E-state index in [-0.39, 0.29) is 16.0 Å². The Bertz CT molecular complexity index is 306. The molecule has 12 heavy (non-hydrogen) atoms. The average molecular weight is 207 g/mol. The Kier molecular flexibility index (Phi) is 2.97. The average Bonchev–Trinajstić information content (AvgIpc) is 2.03. The highest BCUT2D eigenvalue weighted by Gasteiger charge is 2.12. The number of aliphatic hydroxyl groups is 1. The van der Waals surface area contributed by atoms with Crippen LogP contribution in [0.4, 0.5) is 0 Å². The molecule has 1 aromatic heterocycles. The number of carbonyl (C=O) groups is 1. The molecule has 0 aliphatic carbocycles. The molecule has 1 atom stereocenters. The Morgan fingerprint density at radius 1 is 1.58 bits per heavy atom. The highest BCUT2D eigenvalue weighted by Crippen LogP contribution is 2.19. The van der Waals surface area contributed by atoms with Gasteiger partial charge in [0.25, 0.3) is 0 Å². The maximum absolute atomic E-state index is 10.1. The molecule has 1 heterocycles. The van der Waals surface area contributed by atoms with Gasteiger partial charge in [0, 0.05) is 11.8 Å². The number of halogens is 2. The number of carbonyl (C=O) groups excluding carboxylic acids is 1. The summed E-state index contributed by atoms with van der Waals surface area (Å²) < 4.78 is 0. The number of aldehydes is 1. The van der Waals surface area contributed by atoms with Crippen molar-refractivity contribution in [3.05, 3.63) is 22.2 Å². The van der Waals surface area contributed by atoms with E-state index >= 15 is 0 Å². The first-order valence-electron chi connectivity index (χ1n) is 2.96. The molecule has 0 aromatic carbocycles. The normalized spacial score (nSPS) is 12.6. The predicted molar refractivity (Wildman–Crippen MR) is 43.1 cm³/mol. The van der Waals surface area contributed by atoms with Crippen LogP contribution in [0.3, 0.4) is 0 Å². The molecule has 0 aliphatic heterocycles. The van der Waals surface area contributed by atoms with Gasteiger partial charge in [0.2, 0.25) is 5.28 Å². The van der Waals surface area contributed by atoms with Gasteiger partial charge >= 0.3 is 0 Å². The third-order valence-electron chi connectivity index (χ3n) is 1.19. The third-order valence-corrected chi connectivity index (χ3v) is 1.67. The first kappa shape index (κ1) is 9.38. The fourth-order valence-electron chi connectivity index (χ4n) is 0.622. The van der Waals surface area contributed by atoms with Crippen LogP contribution in [0, 0.1) is 0 Å². The molecule has 4 nitrogen and oxygen atoms in total. The van der Waals surface area contributed by atoms with E-state index < -0.39 is 6.10 Å². The second-order valence-electron chi connectivity index (χ2n) is 1.97. The summed E-state index contributed by atoms with van der Waals surface area (Å²) in [6.07, 6.45) is 0.240. The van der Waals surface area contributed by atoms with Gasteiger partial charge in [-0.1, -0.05) is 11.6 Å². The summed E-state index contributed by atoms with van der Waals surface area (Å²) >= 11 is 10.9. The Morgan fingerprint density at radius 3 is 2.75 bits per heavy atom. The molecule has 0 spiro atoms. The summed E-state index contributed by atoms with van der Waals surface area (Å²) in [5, 5.41) is 8.98. The van der Waals surface area contributed by atoms with Crippen LogP contribution >= 0.6 is 23.2 Å². The van der Waals surface area contributed by atoms with Crippen molar-refractivity contribution in [3.8, 4) is 0 Å². The second-order valence-corrected chi connectivity index (χ2v) is 2.66. The van der Waals surface area contributed by atoms with Crippen molar-refractivity contribution < 1.29 is 9.90 Å². The zero-order valence-electron chi connectivity index (χ0n) is 5.74. The Labute approximate surface area is 78.2 Å². The van der Waals surface area contributed by atoms with Crippen LogP contribution in [-0.4, -0.2) is 21.4 Å². The van der Waals surface area contributed by atoms with Gasteiger partial charge in [-0.15, -0.1) is 0 Å². The highest BCUT2D eigenvalue weighted by atomic mass is 35.5. The van der Waals surface area contributed by atoms with Gasteiger partial charge in [0.1, 0.15) is 11.3 Å². The Hall–Kier alpha value is -0.710. The predicted octanol–water partition coefficient (Wildman–Crippen LogP) is 1.02. The molecule has 0 fully saturated rings. The van der Waals surface area contributed by atoms with Crippen LogP contribution in [0.25, 0.3) is 0 Å². The molecule has 1 N–H and O–H groups in total. The van der Waals surface area contributed by atoms with Crippen molar-refractivity contribution in [1.29, 1.82) is 0 Å². The number of hydrogen-bond donors (Lipinski definition) is 1. The smallest absolute Gasteiger partial charge is 0.223 e. The number of hydrogen-bond acceptors (Lipinski definition) is 4. The SMILES string of the molecule is O=CC(O)c1cnc(Cl)nc1Cl. The van der Waals surface area contributed by atoms with Crippen LogP contribution < -0.4 is 0 Å². The van der Waals surface area contributed by atoms with Crippen molar-refractivity contribution in [1.82, 2.24) is 9.97 Å². The summed E-state index contributed by atoms with van der Waals surface area (Å²) in [6, 6.07) is 0. The first-order chi connectivity index (χ1) is 5.65. The largest absolute Gasteiger partial charge is 0.381 e. The fourth-order valence-corrected chi connectivity index (χ4v) is 1.04. The van der Waals surface area contributed by atoms with Gasteiger partial charge in [-0.3, -0.25) is 0 Å². The molecule has 0 saturated carbocycles. The van der Waals surface area contributed by atoms with E-state index in [0.717, 1.165) is 0 Å². The summed E-state index contributed by atoms with van der Waals surface area (Å²) in [7, 11) is 0. The van der Waals surface area contributed by atoms with Gasteiger partial charge in [0.15, 0.2) is 6.29 Å². The van der Waals surface area contributed by atoms with Crippen LogP contribution in [0.5, 0.6) is 0 Å². The molecular formula is C6H4Cl2N2O2. The molecule has 64 valence electrons. The van der Waals surface area contributed by atoms with Gasteiger partial charge in [-0.05, 0) is 11.6 Å². The van der Waals surface area contributed by atoms with Crippen molar-refractivity contribution in [2.24, 2.45) is 0 Å². The van der Waals surface area contributed by atoms with E-state index in [9.17, 15) is 4.79 Å². The lowest BCUT2D eigenvalue weighted by Gasteiger charge is -2.03. The van der Waals surface area contributed by atoms with Crippen LogP contribution in [-0.2, 0) is 4.79 Å². The molecule has 1 unspecified atom stereocenters. The zero-order chi connectivity index (χ0) is 9.14. The minimum atomic E-state index is -1.30. The number of nitrogens with zero attached hydrogens (tertiary/aromatic N) is 2. The van der Waals surface area contributed by atoms with Crippen molar-refractivity contribution in [2.45, 2.75) is 6.10 Å². The van der Waals surface area contributed by atoms with Crippen molar-refractivity contribution in [3.63, 3.8) is 0 Å². The Balaban J connectivity index is 3.09. The van der Waals surface area contributed by atoms with Gasteiger partial charge in [0.05, 0.1) is 0 Å². The minimum Gasteiger partial charge on any atom is -0.381 e. The monoisotopic (exact) mass is 206 g/mol. The standard InChI is InChI=1S/C6H4Cl2N2O2/c7-5-3(4(12)2-11)1-9-6(8)10-5/h1-2,4,12H. The summed E-state index contributed by atoms with van der Waals surface area (Å²) in [5.74, 6) is 0. The fraction of sp³-hybridized carbons (Fsp3) is 0.167. The van der Waals surface area contributed by atoms with Crippen molar-refractivity contribution in [2.75, 3.05) is 0 Å². The van der Waals surface area contributed by atoms with E-state index in [2.05, 4.69) is 9.97 Å². The topological polar surface area (TPSA) is 63.1 Å². The lowest BCUT2D eigenvalue weighted by molar-refractivity contribution is -0.115. The van der Waals surface area contributed by atoms with E-state index in [1.165, 1.54) is 6.20 Å². The summed E-state index contributed by atoms with van der Waals surface area (Å²) in [4.78, 5) is 17.2. The molecule has 0 aliphatic rings. The minimum absolute atomic E-state index is 0.0189. The van der Waals surface area contributed by atoms with Gasteiger partial charge in [-0.2, -0.15) is 0 Å². The Morgan fingerprint density at radius 2 is 2.25 bits per heavy atom. The number of rotatable bonds is 2. The molecule has 0 saturated heterocycles. The van der Waals surface area contributed by atoms with Crippen LogP contribution in [0.1, 0.15) is 11.7 Å². The number of aromatic nitrogens is 2. The van der Waals surface area contributed by atoms with Crippen LogP contribution in [0.15, 0.2) is 6.20 Å². The second kappa shape index (κ2) is 3.80. The third kappa shape index (κ3) is 1.91. The lowest BCUT2D eigenvalue weighted by atomic mass is 10.2.